The Bertz CT molecular complexity index is 284. The van der Waals surface area contributed by atoms with E-state index in [4.69, 9.17) is 34.8 Å². The van der Waals surface area contributed by atoms with Crippen LogP contribution in [-0.2, 0) is 0 Å². The third-order valence-electron chi connectivity index (χ3n) is 1.44. The number of alkyl halides is 8. The Morgan fingerprint density at radius 2 is 1.44 bits per heavy atom. The van der Waals surface area contributed by atoms with Crippen LogP contribution in [0.25, 0.3) is 0 Å². The maximum atomic E-state index is 13.2. The van der Waals surface area contributed by atoms with Gasteiger partial charge >= 0.3 is 5.92 Å². The van der Waals surface area contributed by atoms with E-state index in [-0.39, 0.29) is 0 Å². The SMILES string of the molecule is FC=C(Cl)C(F)C(F)(F)C(Cl)(Cl)C(F)(Cl)Cl. The van der Waals surface area contributed by atoms with Crippen molar-refractivity contribution in [2.45, 2.75) is 21.0 Å². The smallest absolute Gasteiger partial charge is 0.234 e. The Morgan fingerprint density at radius 1 is 1.06 bits per heavy atom. The lowest BCUT2D eigenvalue weighted by atomic mass is 10.1. The van der Waals surface area contributed by atoms with E-state index < -0.39 is 32.4 Å². The number of halogens is 10. The molecule has 0 amide bonds. The molecule has 0 radical (unpaired) electrons. The highest BCUT2D eigenvalue weighted by atomic mass is 35.5. The van der Waals surface area contributed by atoms with Gasteiger partial charge in [-0.3, -0.25) is 0 Å². The van der Waals surface area contributed by atoms with Gasteiger partial charge in [0.15, 0.2) is 0 Å². The molecule has 0 N–H and O–H groups in total. The summed E-state index contributed by atoms with van der Waals surface area (Å²) in [5.74, 6) is -4.85. The van der Waals surface area contributed by atoms with Gasteiger partial charge in [0.2, 0.25) is 10.5 Å². The zero-order valence-electron chi connectivity index (χ0n) is 6.93. The number of hydrogen-bond acceptors (Lipinski definition) is 0. The lowest BCUT2D eigenvalue weighted by molar-refractivity contribution is -0.0820. The lowest BCUT2D eigenvalue weighted by Crippen LogP contribution is -2.54. The largest absolute Gasteiger partial charge is 0.321 e. The maximum absolute atomic E-state index is 13.2. The van der Waals surface area contributed by atoms with Gasteiger partial charge in [-0.1, -0.05) is 58.0 Å². The Hall–Kier alpha value is 0.840. The molecule has 10 heteroatoms. The number of allylic oxidation sites excluding steroid dienone is 1. The minimum atomic E-state index is -4.85. The van der Waals surface area contributed by atoms with Gasteiger partial charge in [-0.2, -0.15) is 8.78 Å². The van der Waals surface area contributed by atoms with Gasteiger partial charge in [0.25, 0.3) is 4.59 Å². The molecule has 0 saturated carbocycles. The summed E-state index contributed by atoms with van der Waals surface area (Å²) in [5.41, 5.74) is 0. The fourth-order valence-electron chi connectivity index (χ4n) is 0.577. The zero-order valence-corrected chi connectivity index (χ0v) is 10.7. The highest BCUT2D eigenvalue weighted by Crippen LogP contribution is 2.55. The lowest BCUT2D eigenvalue weighted by Gasteiger charge is -2.34. The van der Waals surface area contributed by atoms with Crippen LogP contribution >= 0.6 is 58.0 Å². The monoisotopic (exact) mass is 344 g/mol. The van der Waals surface area contributed by atoms with Crippen LogP contribution in [0.2, 0.25) is 0 Å². The summed E-state index contributed by atoms with van der Waals surface area (Å²) in [6, 6.07) is 0. The van der Waals surface area contributed by atoms with Crippen molar-refractivity contribution in [3.63, 3.8) is 0 Å². The first-order chi connectivity index (χ1) is 6.89. The molecule has 0 rings (SSSR count). The summed E-state index contributed by atoms with van der Waals surface area (Å²) >= 11 is 23.7. The topological polar surface area (TPSA) is 0 Å². The second-order valence-corrected chi connectivity index (χ2v) is 5.55. The summed E-state index contributed by atoms with van der Waals surface area (Å²) in [6.45, 7) is 0. The van der Waals surface area contributed by atoms with Gasteiger partial charge in [-0.05, 0) is 0 Å². The van der Waals surface area contributed by atoms with Crippen molar-refractivity contribution in [3.05, 3.63) is 11.4 Å². The van der Waals surface area contributed by atoms with Gasteiger partial charge in [-0.15, -0.1) is 0 Å². The normalized spacial score (nSPS) is 17.5. The molecule has 0 aromatic heterocycles. The van der Waals surface area contributed by atoms with E-state index in [1.165, 1.54) is 0 Å². The highest BCUT2D eigenvalue weighted by Gasteiger charge is 2.69. The van der Waals surface area contributed by atoms with Crippen molar-refractivity contribution in [2.75, 3.05) is 0 Å². The maximum Gasteiger partial charge on any atom is 0.321 e. The van der Waals surface area contributed by atoms with Gasteiger partial charge in [0.1, 0.15) is 6.33 Å². The first kappa shape index (κ1) is 16.8. The van der Waals surface area contributed by atoms with Gasteiger partial charge < -0.3 is 0 Å². The molecule has 96 valence electrons. The van der Waals surface area contributed by atoms with Crippen LogP contribution in [0.5, 0.6) is 0 Å². The first-order valence-corrected chi connectivity index (χ1v) is 5.20. The van der Waals surface area contributed by atoms with Gasteiger partial charge in [-0.25, -0.2) is 13.2 Å². The summed E-state index contributed by atoms with van der Waals surface area (Å²) < 4.78 is 56.2. The summed E-state index contributed by atoms with van der Waals surface area (Å²) in [4.78, 5) is 0. The minimum absolute atomic E-state index is 0.660. The van der Waals surface area contributed by atoms with E-state index in [1.54, 1.807) is 0 Å². The van der Waals surface area contributed by atoms with Crippen molar-refractivity contribution < 1.29 is 22.0 Å². The Balaban J connectivity index is 5.36. The van der Waals surface area contributed by atoms with E-state index in [9.17, 15) is 22.0 Å². The van der Waals surface area contributed by atoms with Crippen LogP contribution in [-0.4, -0.2) is 21.0 Å². The Kier molecular flexibility index (Phi) is 5.50. The highest BCUT2D eigenvalue weighted by molar-refractivity contribution is 6.62. The van der Waals surface area contributed by atoms with Crippen LogP contribution in [0.15, 0.2) is 11.4 Å². The van der Waals surface area contributed by atoms with Crippen molar-refractivity contribution in [1.82, 2.24) is 0 Å². The number of hydrogen-bond donors (Lipinski definition) is 0. The van der Waals surface area contributed by atoms with Crippen LogP contribution in [0.1, 0.15) is 0 Å². The van der Waals surface area contributed by atoms with E-state index in [0.717, 1.165) is 0 Å². The molecule has 16 heavy (non-hydrogen) atoms. The van der Waals surface area contributed by atoms with E-state index in [0.29, 0.717) is 0 Å². The average molecular weight is 346 g/mol. The van der Waals surface area contributed by atoms with Crippen molar-refractivity contribution in [2.24, 2.45) is 0 Å². The number of rotatable bonds is 4. The first-order valence-electron chi connectivity index (χ1n) is 3.31. The molecule has 0 aliphatic rings. The standard InChI is InChI=1S/C6H2Cl5F5/c7-2(1-12)3(13)4(14,15)5(8,9)6(10,11)16/h1,3H. The molecule has 0 aromatic carbocycles. The molecule has 0 aliphatic heterocycles. The summed E-state index contributed by atoms with van der Waals surface area (Å²) in [7, 11) is 0. The molecule has 1 unspecified atom stereocenters. The van der Waals surface area contributed by atoms with E-state index >= 15 is 0 Å². The predicted octanol–water partition coefficient (Wildman–Crippen LogP) is 5.28. The third kappa shape index (κ3) is 2.99. The van der Waals surface area contributed by atoms with Gasteiger partial charge in [0, 0.05) is 0 Å². The molecule has 0 spiro atoms. The van der Waals surface area contributed by atoms with Crippen molar-refractivity contribution in [1.29, 1.82) is 0 Å². The zero-order chi connectivity index (χ0) is 13.4. The van der Waals surface area contributed by atoms with E-state index in [1.807, 2.05) is 0 Å². The molecule has 0 nitrogen and oxygen atoms in total. The van der Waals surface area contributed by atoms with Crippen LogP contribution in [0.4, 0.5) is 22.0 Å². The summed E-state index contributed by atoms with van der Waals surface area (Å²) in [6.07, 6.45) is -4.16. The van der Waals surface area contributed by atoms with Crippen molar-refractivity contribution in [3.8, 4) is 0 Å². The Morgan fingerprint density at radius 3 is 1.69 bits per heavy atom. The third-order valence-corrected chi connectivity index (χ3v) is 3.69. The molecule has 1 atom stereocenters. The fraction of sp³-hybridized carbons (Fsp3) is 0.667. The van der Waals surface area contributed by atoms with Gasteiger partial charge in [0.05, 0.1) is 5.03 Å². The minimum Gasteiger partial charge on any atom is -0.234 e. The average Bonchev–Trinajstić information content (AvgIpc) is 2.13. The van der Waals surface area contributed by atoms with Crippen LogP contribution in [0, 0.1) is 0 Å². The second kappa shape index (κ2) is 5.22. The fourth-order valence-corrected chi connectivity index (χ4v) is 1.16. The molecular formula is C6H2Cl5F5. The van der Waals surface area contributed by atoms with Crippen molar-refractivity contribution >= 4 is 58.0 Å². The molecule has 0 aliphatic carbocycles. The quantitative estimate of drug-likeness (QED) is 0.480. The molecule has 0 fully saturated rings. The Labute approximate surface area is 112 Å². The second-order valence-electron chi connectivity index (χ2n) is 2.55. The predicted molar refractivity (Wildman–Crippen MR) is 54.9 cm³/mol. The van der Waals surface area contributed by atoms with Crippen LogP contribution < -0.4 is 0 Å². The molecule has 0 heterocycles. The van der Waals surface area contributed by atoms with E-state index in [2.05, 4.69) is 23.2 Å². The molecule has 0 aromatic rings. The summed E-state index contributed by atoms with van der Waals surface area (Å²) in [5, 5.41) is -1.56. The molecular weight excluding hydrogens is 344 g/mol. The molecule has 0 bridgehead atoms. The van der Waals surface area contributed by atoms with Crippen LogP contribution in [0.3, 0.4) is 0 Å². The molecule has 0 saturated heterocycles.